The Kier molecular flexibility index (Phi) is 7.38. The minimum atomic E-state index is -0.641. The molecule has 0 aliphatic carbocycles. The summed E-state index contributed by atoms with van der Waals surface area (Å²) in [5.41, 5.74) is 6.56. The fraction of sp³-hybridized carbons (Fsp3) is 0.450. The van der Waals surface area contributed by atoms with Crippen molar-refractivity contribution >= 4 is 22.7 Å². The number of nitrogens with two attached hydrogens (primary N) is 1. The van der Waals surface area contributed by atoms with E-state index in [1.807, 2.05) is 24.3 Å². The summed E-state index contributed by atoms with van der Waals surface area (Å²) in [5, 5.41) is 3.66. The molecular formula is C20H27N3O2. The molecule has 1 atom stereocenters. The predicted molar refractivity (Wildman–Crippen MR) is 100 cm³/mol. The average Bonchev–Trinajstić information content (AvgIpc) is 2.62. The zero-order valence-corrected chi connectivity index (χ0v) is 14.8. The predicted octanol–water partition coefficient (Wildman–Crippen LogP) is 3.57. The summed E-state index contributed by atoms with van der Waals surface area (Å²) < 4.78 is 0. The number of benzene rings is 1. The molecule has 5 heteroatoms. The SMILES string of the molecule is CCCCCCCC[C@H](NC(=O)c1cccc2cccnc12)C(N)=O. The van der Waals surface area contributed by atoms with Gasteiger partial charge in [0.1, 0.15) is 6.04 Å². The summed E-state index contributed by atoms with van der Waals surface area (Å²) in [7, 11) is 0. The second-order valence-electron chi connectivity index (χ2n) is 6.37. The van der Waals surface area contributed by atoms with Crippen LogP contribution in [0.1, 0.15) is 62.2 Å². The Morgan fingerprint density at radius 2 is 1.80 bits per heavy atom. The molecule has 0 saturated carbocycles. The first-order valence-corrected chi connectivity index (χ1v) is 9.07. The van der Waals surface area contributed by atoms with E-state index in [-0.39, 0.29) is 5.91 Å². The number of pyridine rings is 1. The van der Waals surface area contributed by atoms with Crippen molar-refractivity contribution in [3.8, 4) is 0 Å². The Hall–Kier alpha value is -2.43. The molecule has 1 aromatic heterocycles. The summed E-state index contributed by atoms with van der Waals surface area (Å²) in [6.07, 6.45) is 8.97. The summed E-state index contributed by atoms with van der Waals surface area (Å²) in [6.45, 7) is 2.18. The van der Waals surface area contributed by atoms with Crippen molar-refractivity contribution in [2.24, 2.45) is 5.73 Å². The van der Waals surface area contributed by atoms with E-state index in [0.717, 1.165) is 24.6 Å². The molecule has 1 heterocycles. The largest absolute Gasteiger partial charge is 0.368 e. The van der Waals surface area contributed by atoms with E-state index >= 15 is 0 Å². The summed E-state index contributed by atoms with van der Waals surface area (Å²) in [4.78, 5) is 28.6. The molecule has 2 rings (SSSR count). The maximum atomic E-state index is 12.6. The van der Waals surface area contributed by atoms with Gasteiger partial charge in [0.05, 0.1) is 11.1 Å². The molecule has 2 aromatic rings. The molecule has 1 aromatic carbocycles. The Morgan fingerprint density at radius 3 is 2.56 bits per heavy atom. The van der Waals surface area contributed by atoms with E-state index in [9.17, 15) is 9.59 Å². The van der Waals surface area contributed by atoms with Gasteiger partial charge in [0.2, 0.25) is 5.91 Å². The number of para-hydroxylation sites is 1. The van der Waals surface area contributed by atoms with Crippen molar-refractivity contribution < 1.29 is 9.59 Å². The van der Waals surface area contributed by atoms with Crippen molar-refractivity contribution in [2.45, 2.75) is 57.9 Å². The smallest absolute Gasteiger partial charge is 0.254 e. The van der Waals surface area contributed by atoms with Crippen LogP contribution < -0.4 is 11.1 Å². The van der Waals surface area contributed by atoms with Crippen LogP contribution in [0.2, 0.25) is 0 Å². The van der Waals surface area contributed by atoms with Crippen LogP contribution in [-0.4, -0.2) is 22.8 Å². The third kappa shape index (κ3) is 5.55. The van der Waals surface area contributed by atoms with Gasteiger partial charge in [-0.15, -0.1) is 0 Å². The lowest BCUT2D eigenvalue weighted by Gasteiger charge is -2.16. The number of nitrogens with one attached hydrogen (secondary N) is 1. The van der Waals surface area contributed by atoms with Crippen LogP contribution in [0.4, 0.5) is 0 Å². The molecule has 0 aliphatic rings. The van der Waals surface area contributed by atoms with E-state index in [4.69, 9.17) is 5.73 Å². The third-order valence-corrected chi connectivity index (χ3v) is 4.37. The van der Waals surface area contributed by atoms with E-state index in [2.05, 4.69) is 17.2 Å². The number of hydrogen-bond acceptors (Lipinski definition) is 3. The highest BCUT2D eigenvalue weighted by Crippen LogP contribution is 2.16. The number of carbonyl (C=O) groups is 2. The molecule has 25 heavy (non-hydrogen) atoms. The molecule has 5 nitrogen and oxygen atoms in total. The van der Waals surface area contributed by atoms with Crippen LogP contribution in [0.15, 0.2) is 36.5 Å². The fourth-order valence-electron chi connectivity index (χ4n) is 2.94. The van der Waals surface area contributed by atoms with Gasteiger partial charge in [-0.2, -0.15) is 0 Å². The monoisotopic (exact) mass is 341 g/mol. The lowest BCUT2D eigenvalue weighted by molar-refractivity contribution is -0.120. The zero-order chi connectivity index (χ0) is 18.1. The first kappa shape index (κ1) is 18.9. The van der Waals surface area contributed by atoms with Gasteiger partial charge in [0, 0.05) is 11.6 Å². The van der Waals surface area contributed by atoms with Gasteiger partial charge < -0.3 is 11.1 Å². The molecule has 0 spiro atoms. The van der Waals surface area contributed by atoms with Gasteiger partial charge in [-0.1, -0.05) is 63.6 Å². The van der Waals surface area contributed by atoms with Crippen LogP contribution in [0.5, 0.6) is 0 Å². The average molecular weight is 341 g/mol. The highest BCUT2D eigenvalue weighted by atomic mass is 16.2. The topological polar surface area (TPSA) is 85.1 Å². The van der Waals surface area contributed by atoms with E-state index in [1.54, 1.807) is 12.3 Å². The Balaban J connectivity index is 1.96. The molecule has 0 aliphatic heterocycles. The third-order valence-electron chi connectivity index (χ3n) is 4.37. The number of primary amides is 1. The second-order valence-corrected chi connectivity index (χ2v) is 6.37. The highest BCUT2D eigenvalue weighted by molar-refractivity contribution is 6.06. The van der Waals surface area contributed by atoms with Gasteiger partial charge >= 0.3 is 0 Å². The number of rotatable bonds is 10. The van der Waals surface area contributed by atoms with E-state index in [1.165, 1.54) is 19.3 Å². The van der Waals surface area contributed by atoms with Crippen LogP contribution in [-0.2, 0) is 4.79 Å². The van der Waals surface area contributed by atoms with Gasteiger partial charge in [0.15, 0.2) is 0 Å². The molecule has 0 radical (unpaired) electrons. The van der Waals surface area contributed by atoms with Crippen LogP contribution >= 0.6 is 0 Å². The molecule has 0 bridgehead atoms. The Bertz CT molecular complexity index is 710. The molecule has 0 saturated heterocycles. The van der Waals surface area contributed by atoms with Gasteiger partial charge in [-0.25, -0.2) is 0 Å². The number of hydrogen-bond donors (Lipinski definition) is 2. The Labute approximate surface area is 149 Å². The minimum Gasteiger partial charge on any atom is -0.368 e. The number of fused-ring (bicyclic) bond motifs is 1. The van der Waals surface area contributed by atoms with Crippen LogP contribution in [0, 0.1) is 0 Å². The van der Waals surface area contributed by atoms with Crippen LogP contribution in [0.25, 0.3) is 10.9 Å². The lowest BCUT2D eigenvalue weighted by atomic mass is 10.0. The molecule has 0 fully saturated rings. The van der Waals surface area contributed by atoms with Crippen molar-refractivity contribution in [3.63, 3.8) is 0 Å². The quantitative estimate of drug-likeness (QED) is 0.648. The van der Waals surface area contributed by atoms with Crippen LogP contribution in [0.3, 0.4) is 0 Å². The van der Waals surface area contributed by atoms with E-state index < -0.39 is 11.9 Å². The maximum Gasteiger partial charge on any atom is 0.254 e. The lowest BCUT2D eigenvalue weighted by Crippen LogP contribution is -2.44. The van der Waals surface area contributed by atoms with Crippen molar-refractivity contribution in [2.75, 3.05) is 0 Å². The number of amides is 2. The number of nitrogens with zero attached hydrogens (tertiary/aromatic N) is 1. The van der Waals surface area contributed by atoms with E-state index in [0.29, 0.717) is 17.5 Å². The van der Waals surface area contributed by atoms with Crippen molar-refractivity contribution in [1.29, 1.82) is 0 Å². The standard InChI is InChI=1S/C20H27N3O2/c1-2-3-4-5-6-7-13-17(19(21)24)23-20(25)16-12-8-10-15-11-9-14-22-18(15)16/h8-12,14,17H,2-7,13H2,1H3,(H2,21,24)(H,23,25)/t17-/m0/s1. The maximum absolute atomic E-state index is 12.6. The normalized spacial score (nSPS) is 12.0. The van der Waals surface area contributed by atoms with Crippen molar-refractivity contribution in [1.82, 2.24) is 10.3 Å². The van der Waals surface area contributed by atoms with Gasteiger partial charge in [-0.05, 0) is 18.6 Å². The number of aromatic nitrogens is 1. The number of carbonyl (C=O) groups excluding carboxylic acids is 2. The molecular weight excluding hydrogens is 314 g/mol. The second kappa shape index (κ2) is 9.77. The number of unbranched alkanes of at least 4 members (excludes halogenated alkanes) is 5. The molecule has 3 N–H and O–H groups in total. The highest BCUT2D eigenvalue weighted by Gasteiger charge is 2.20. The molecule has 0 unspecified atom stereocenters. The minimum absolute atomic E-state index is 0.306. The van der Waals surface area contributed by atoms with Gasteiger partial charge in [-0.3, -0.25) is 14.6 Å². The molecule has 134 valence electrons. The molecule has 2 amide bonds. The summed E-state index contributed by atoms with van der Waals surface area (Å²) in [6, 6.07) is 8.52. The first-order chi connectivity index (χ1) is 12.1. The van der Waals surface area contributed by atoms with Crippen molar-refractivity contribution in [3.05, 3.63) is 42.1 Å². The summed E-state index contributed by atoms with van der Waals surface area (Å²) >= 11 is 0. The fourth-order valence-corrected chi connectivity index (χ4v) is 2.94. The zero-order valence-electron chi connectivity index (χ0n) is 14.8. The Morgan fingerprint density at radius 1 is 1.08 bits per heavy atom. The summed E-state index contributed by atoms with van der Waals surface area (Å²) in [5.74, 6) is -0.797. The first-order valence-electron chi connectivity index (χ1n) is 9.07. The van der Waals surface area contributed by atoms with Gasteiger partial charge in [0.25, 0.3) is 5.91 Å².